The van der Waals surface area contributed by atoms with Crippen LogP contribution in [-0.2, 0) is 11.3 Å². The standard InChI is InChI=1S/C37H49Cl2N7O4/c1-7-44(8-2)15-10-9-14-41-37-42-22-27-19-28(31-32(38)29(49-5)20-30(50-6)33(31)39)36(48)46(34(27)43-37)17-13-25-12-11-16-45(23-25)35(47)26(21-40)18-24(3)4/h18-20,22,24-25H,7-17,23H2,1-6H3,(H,41,42,43)/b26-18-. The molecule has 0 saturated carbocycles. The molecule has 11 nitrogen and oxygen atoms in total. The number of nitriles is 1. The Morgan fingerprint density at radius 1 is 1.16 bits per heavy atom. The van der Waals surface area contributed by atoms with E-state index < -0.39 is 0 Å². The Hall–Kier alpha value is -3.85. The highest BCUT2D eigenvalue weighted by molar-refractivity contribution is 6.41. The second kappa shape index (κ2) is 18.4. The summed E-state index contributed by atoms with van der Waals surface area (Å²) in [4.78, 5) is 41.2. The number of hydrogen-bond donors (Lipinski definition) is 1. The average Bonchev–Trinajstić information content (AvgIpc) is 3.12. The molecule has 1 saturated heterocycles. The molecule has 0 spiro atoms. The van der Waals surface area contributed by atoms with Gasteiger partial charge in [0, 0.05) is 49.4 Å². The maximum absolute atomic E-state index is 14.5. The Labute approximate surface area is 305 Å². The molecule has 1 N–H and O–H groups in total. The summed E-state index contributed by atoms with van der Waals surface area (Å²) in [5.74, 6) is 1.04. The van der Waals surface area contributed by atoms with Crippen molar-refractivity contribution in [2.24, 2.45) is 11.8 Å². The minimum absolute atomic E-state index is 0.0852. The third-order valence-corrected chi connectivity index (χ3v) is 9.92. The minimum atomic E-state index is -0.323. The highest BCUT2D eigenvalue weighted by atomic mass is 35.5. The van der Waals surface area contributed by atoms with Crippen LogP contribution in [0.3, 0.4) is 0 Å². The Kier molecular flexibility index (Phi) is 14.3. The summed E-state index contributed by atoms with van der Waals surface area (Å²) in [5.41, 5.74) is 0.898. The summed E-state index contributed by atoms with van der Waals surface area (Å²) in [6.45, 7) is 13.4. The lowest BCUT2D eigenvalue weighted by Gasteiger charge is -2.33. The third-order valence-electron chi connectivity index (χ3n) is 9.17. The molecule has 0 aliphatic carbocycles. The van der Waals surface area contributed by atoms with E-state index >= 15 is 0 Å². The molecule has 1 aromatic carbocycles. The molecule has 1 aliphatic heterocycles. The van der Waals surface area contributed by atoms with Crippen LogP contribution in [0, 0.1) is 23.2 Å². The highest BCUT2D eigenvalue weighted by Gasteiger charge is 2.27. The predicted octanol–water partition coefficient (Wildman–Crippen LogP) is 7.05. The van der Waals surface area contributed by atoms with E-state index in [1.54, 1.807) is 33.9 Å². The van der Waals surface area contributed by atoms with Gasteiger partial charge >= 0.3 is 0 Å². The van der Waals surface area contributed by atoms with E-state index in [0.717, 1.165) is 45.3 Å². The number of carbonyl (C=O) groups is 1. The van der Waals surface area contributed by atoms with E-state index in [4.69, 9.17) is 37.7 Å². The summed E-state index contributed by atoms with van der Waals surface area (Å²) in [5, 5.41) is 14.0. The molecule has 2 aromatic heterocycles. The van der Waals surface area contributed by atoms with Gasteiger partial charge in [0.05, 0.1) is 29.8 Å². The van der Waals surface area contributed by atoms with Gasteiger partial charge in [-0.2, -0.15) is 10.2 Å². The highest BCUT2D eigenvalue weighted by Crippen LogP contribution is 2.45. The van der Waals surface area contributed by atoms with Crippen molar-refractivity contribution in [3.05, 3.63) is 50.4 Å². The molecule has 270 valence electrons. The van der Waals surface area contributed by atoms with Crippen molar-refractivity contribution in [2.45, 2.75) is 66.3 Å². The van der Waals surface area contributed by atoms with Crippen LogP contribution in [0.15, 0.2) is 34.8 Å². The van der Waals surface area contributed by atoms with Gasteiger partial charge in [-0.25, -0.2) is 4.98 Å². The normalized spacial score (nSPS) is 15.1. The van der Waals surface area contributed by atoms with Crippen LogP contribution in [0.5, 0.6) is 11.5 Å². The summed E-state index contributed by atoms with van der Waals surface area (Å²) >= 11 is 13.6. The van der Waals surface area contributed by atoms with Crippen molar-refractivity contribution in [1.82, 2.24) is 24.3 Å². The number of anilines is 1. The van der Waals surface area contributed by atoms with Crippen molar-refractivity contribution in [3.63, 3.8) is 0 Å². The van der Waals surface area contributed by atoms with Crippen molar-refractivity contribution < 1.29 is 14.3 Å². The topological polar surface area (TPSA) is 126 Å². The number of halogens is 2. The molecule has 13 heteroatoms. The van der Waals surface area contributed by atoms with Crippen LogP contribution in [0.2, 0.25) is 10.0 Å². The third kappa shape index (κ3) is 9.27. The monoisotopic (exact) mass is 725 g/mol. The number of nitrogens with zero attached hydrogens (tertiary/aromatic N) is 6. The summed E-state index contributed by atoms with van der Waals surface area (Å²) in [6.07, 6.45) is 7.73. The smallest absolute Gasteiger partial charge is 0.264 e. The fraction of sp³-hybridized carbons (Fsp3) is 0.541. The van der Waals surface area contributed by atoms with Gasteiger partial charge in [0.15, 0.2) is 0 Å². The van der Waals surface area contributed by atoms with Crippen LogP contribution in [0.1, 0.15) is 59.8 Å². The van der Waals surface area contributed by atoms with Crippen LogP contribution in [0.4, 0.5) is 5.95 Å². The van der Waals surface area contributed by atoms with Crippen molar-refractivity contribution in [2.75, 3.05) is 58.8 Å². The lowest BCUT2D eigenvalue weighted by atomic mass is 9.94. The summed E-state index contributed by atoms with van der Waals surface area (Å²) in [6, 6.07) is 5.37. The van der Waals surface area contributed by atoms with Gasteiger partial charge in [-0.3, -0.25) is 14.2 Å². The van der Waals surface area contributed by atoms with Gasteiger partial charge in [-0.15, -0.1) is 0 Å². The first-order valence-corrected chi connectivity index (χ1v) is 18.2. The summed E-state index contributed by atoms with van der Waals surface area (Å²) in [7, 11) is 2.97. The van der Waals surface area contributed by atoms with E-state index in [-0.39, 0.29) is 44.5 Å². The largest absolute Gasteiger partial charge is 0.495 e. The zero-order chi connectivity index (χ0) is 36.4. The van der Waals surface area contributed by atoms with Gasteiger partial charge in [0.25, 0.3) is 11.5 Å². The van der Waals surface area contributed by atoms with E-state index in [2.05, 4.69) is 35.1 Å². The Bertz CT molecular complexity index is 1750. The van der Waals surface area contributed by atoms with Crippen molar-refractivity contribution >= 4 is 46.1 Å². The molecule has 1 unspecified atom stereocenters. The SMILES string of the molecule is CCN(CC)CCCCNc1ncc2cc(-c3c(Cl)c(OC)cc(OC)c3Cl)c(=O)n(CCC3CCCN(C(=O)/C(C#N)=C\C(C)C)C3)c2n1. The van der Waals surface area contributed by atoms with Gasteiger partial charge in [-0.05, 0) is 69.6 Å². The maximum atomic E-state index is 14.5. The number of piperidine rings is 1. The molecular weight excluding hydrogens is 677 g/mol. The van der Waals surface area contributed by atoms with E-state index in [9.17, 15) is 14.9 Å². The average molecular weight is 727 g/mol. The van der Waals surface area contributed by atoms with Crippen molar-refractivity contribution in [1.29, 1.82) is 5.26 Å². The van der Waals surface area contributed by atoms with Crippen LogP contribution in [0.25, 0.3) is 22.2 Å². The number of methoxy groups -OCH3 is 2. The molecule has 0 radical (unpaired) electrons. The zero-order valence-corrected chi connectivity index (χ0v) is 31.5. The number of likely N-dealkylation sites (tertiary alicyclic amines) is 1. The molecule has 3 heterocycles. The first-order valence-electron chi connectivity index (χ1n) is 17.4. The number of pyridine rings is 1. The molecule has 50 heavy (non-hydrogen) atoms. The Balaban J connectivity index is 1.69. The fourth-order valence-electron chi connectivity index (χ4n) is 6.41. The summed E-state index contributed by atoms with van der Waals surface area (Å²) < 4.78 is 12.6. The zero-order valence-electron chi connectivity index (χ0n) is 30.0. The number of benzene rings is 1. The number of aryl methyl sites for hydroxylation is 1. The molecular formula is C37H49Cl2N7O4. The number of amides is 1. The van der Waals surface area contributed by atoms with E-state index in [1.807, 2.05) is 13.8 Å². The number of nitrogens with one attached hydrogen (secondary N) is 1. The van der Waals surface area contributed by atoms with Gasteiger partial charge in [0.1, 0.15) is 28.8 Å². The molecule has 4 rings (SSSR count). The number of carbonyl (C=O) groups excluding carboxylic acids is 1. The van der Waals surface area contributed by atoms with Gasteiger partial charge in [0.2, 0.25) is 5.95 Å². The lowest BCUT2D eigenvalue weighted by molar-refractivity contribution is -0.128. The molecule has 1 atom stereocenters. The number of unbranched alkanes of at least 4 members (excludes halogenated alkanes) is 1. The molecule has 1 aliphatic rings. The van der Waals surface area contributed by atoms with Crippen LogP contribution >= 0.6 is 23.2 Å². The van der Waals surface area contributed by atoms with Gasteiger partial charge < -0.3 is 24.6 Å². The predicted molar refractivity (Wildman–Crippen MR) is 200 cm³/mol. The van der Waals surface area contributed by atoms with Crippen LogP contribution in [-0.4, -0.2) is 83.7 Å². The molecule has 0 bridgehead atoms. The number of ether oxygens (including phenoxy) is 2. The van der Waals surface area contributed by atoms with E-state index in [1.165, 1.54) is 14.2 Å². The molecule has 1 fully saturated rings. The number of rotatable bonds is 16. The Morgan fingerprint density at radius 2 is 1.86 bits per heavy atom. The first-order chi connectivity index (χ1) is 24.1. The van der Waals surface area contributed by atoms with Crippen LogP contribution < -0.4 is 20.3 Å². The van der Waals surface area contributed by atoms with Gasteiger partial charge in [-0.1, -0.05) is 57.0 Å². The fourth-order valence-corrected chi connectivity index (χ4v) is 7.11. The van der Waals surface area contributed by atoms with Crippen molar-refractivity contribution in [3.8, 4) is 28.7 Å². The second-order valence-corrected chi connectivity index (χ2v) is 13.7. The lowest BCUT2D eigenvalue weighted by Crippen LogP contribution is -2.41. The quantitative estimate of drug-likeness (QED) is 0.0939. The number of allylic oxidation sites excluding steroid dienone is 1. The first kappa shape index (κ1) is 38.9. The minimum Gasteiger partial charge on any atom is -0.495 e. The number of fused-ring (bicyclic) bond motifs is 1. The number of hydrogen-bond acceptors (Lipinski definition) is 9. The van der Waals surface area contributed by atoms with E-state index in [0.29, 0.717) is 66.6 Å². The Morgan fingerprint density at radius 3 is 2.48 bits per heavy atom. The maximum Gasteiger partial charge on any atom is 0.264 e. The molecule has 1 amide bonds. The molecule has 3 aromatic rings. The second-order valence-electron chi connectivity index (χ2n) is 12.9. The number of aromatic nitrogens is 3.